The molecular weight excluding hydrogens is 347 g/mol. The third kappa shape index (κ3) is 3.80. The van der Waals surface area contributed by atoms with Gasteiger partial charge in [-0.2, -0.15) is 0 Å². The van der Waals surface area contributed by atoms with E-state index in [2.05, 4.69) is 28.6 Å². The highest BCUT2D eigenvalue weighted by Gasteiger charge is 2.39. The normalized spacial score (nSPS) is 25.8. The maximum Gasteiger partial charge on any atom is 0.573 e. The second-order valence-electron chi connectivity index (χ2n) is 6.94. The summed E-state index contributed by atoms with van der Waals surface area (Å²) in [5.74, 6) is -0.962. The summed E-state index contributed by atoms with van der Waals surface area (Å²) in [5, 5.41) is 2.95. The number of piperidine rings is 1. The van der Waals surface area contributed by atoms with E-state index in [1.165, 1.54) is 12.1 Å². The molecule has 0 aliphatic carbocycles. The average Bonchev–Trinajstić information content (AvgIpc) is 2.77. The van der Waals surface area contributed by atoms with E-state index in [1.54, 1.807) is 0 Å². The Hall–Kier alpha value is -2.22. The number of hydrogen-bond donors (Lipinski definition) is 2. The molecule has 5 nitrogen and oxygen atoms in total. The Labute approximate surface area is 150 Å². The number of nitrogens with one attached hydrogen (secondary N) is 1. The second-order valence-corrected chi connectivity index (χ2v) is 6.94. The van der Waals surface area contributed by atoms with E-state index in [4.69, 9.17) is 5.73 Å². The molecule has 0 saturated carbocycles. The van der Waals surface area contributed by atoms with Crippen LogP contribution in [0.25, 0.3) is 5.57 Å². The van der Waals surface area contributed by atoms with Gasteiger partial charge >= 0.3 is 6.36 Å². The summed E-state index contributed by atoms with van der Waals surface area (Å²) in [5.41, 5.74) is 5.67. The third-order valence-corrected chi connectivity index (χ3v) is 5.32. The first-order chi connectivity index (χ1) is 12.2. The zero-order valence-corrected chi connectivity index (χ0v) is 14.5. The van der Waals surface area contributed by atoms with E-state index in [0.29, 0.717) is 12.1 Å². The van der Waals surface area contributed by atoms with Crippen LogP contribution < -0.4 is 15.8 Å². The fourth-order valence-corrected chi connectivity index (χ4v) is 3.95. The Morgan fingerprint density at radius 3 is 2.50 bits per heavy atom. The van der Waals surface area contributed by atoms with Gasteiger partial charge in [0, 0.05) is 29.3 Å². The van der Waals surface area contributed by atoms with Crippen LogP contribution in [0.15, 0.2) is 24.8 Å². The number of carbonyl (C=O) groups is 1. The number of alkyl halides is 3. The summed E-state index contributed by atoms with van der Waals surface area (Å²) >= 11 is 0. The van der Waals surface area contributed by atoms with Crippen molar-refractivity contribution in [2.75, 3.05) is 12.8 Å². The maximum atomic E-state index is 12.5. The summed E-state index contributed by atoms with van der Waals surface area (Å²) in [6.45, 7) is 3.72. The predicted octanol–water partition coefficient (Wildman–Crippen LogP) is 2.92. The number of nitrogens with two attached hydrogens (primary N) is 1. The molecule has 26 heavy (non-hydrogen) atoms. The highest BCUT2D eigenvalue weighted by Crippen LogP contribution is 2.36. The van der Waals surface area contributed by atoms with Gasteiger partial charge in [0.2, 0.25) is 0 Å². The van der Waals surface area contributed by atoms with Crippen LogP contribution in [0.4, 0.5) is 18.9 Å². The van der Waals surface area contributed by atoms with E-state index in [-0.39, 0.29) is 22.9 Å². The molecule has 2 saturated heterocycles. The molecule has 2 fully saturated rings. The van der Waals surface area contributed by atoms with Gasteiger partial charge in [-0.05, 0) is 38.8 Å². The number of nitrogen functional groups attached to an aromatic ring is 1. The monoisotopic (exact) mass is 369 g/mol. The minimum absolute atomic E-state index is 0.0291. The van der Waals surface area contributed by atoms with Crippen LogP contribution in [0.1, 0.15) is 31.2 Å². The summed E-state index contributed by atoms with van der Waals surface area (Å²) in [7, 11) is 2.10. The van der Waals surface area contributed by atoms with Crippen molar-refractivity contribution in [2.45, 2.75) is 50.2 Å². The number of halogens is 3. The van der Waals surface area contributed by atoms with Gasteiger partial charge in [0.25, 0.3) is 5.91 Å². The smallest absolute Gasteiger partial charge is 0.404 e. The molecule has 142 valence electrons. The van der Waals surface area contributed by atoms with Crippen LogP contribution in [0.5, 0.6) is 5.75 Å². The van der Waals surface area contributed by atoms with Crippen molar-refractivity contribution >= 4 is 17.2 Å². The predicted molar refractivity (Wildman–Crippen MR) is 92.3 cm³/mol. The van der Waals surface area contributed by atoms with Gasteiger partial charge in [-0.25, -0.2) is 0 Å². The van der Waals surface area contributed by atoms with Crippen molar-refractivity contribution in [1.29, 1.82) is 0 Å². The first kappa shape index (κ1) is 18.6. The number of anilines is 1. The van der Waals surface area contributed by atoms with Crippen LogP contribution >= 0.6 is 0 Å². The topological polar surface area (TPSA) is 67.6 Å². The first-order valence-corrected chi connectivity index (χ1v) is 8.52. The third-order valence-electron chi connectivity index (χ3n) is 5.32. The number of ether oxygens (including phenoxy) is 1. The molecular formula is C18H22F3N3O2. The lowest BCUT2D eigenvalue weighted by Crippen LogP contribution is -2.48. The van der Waals surface area contributed by atoms with E-state index >= 15 is 0 Å². The molecule has 2 aliphatic rings. The minimum Gasteiger partial charge on any atom is -0.404 e. The molecule has 3 rings (SSSR count). The van der Waals surface area contributed by atoms with E-state index in [1.807, 2.05) is 0 Å². The van der Waals surface area contributed by atoms with Gasteiger partial charge < -0.3 is 20.7 Å². The number of nitrogens with zero attached hydrogens (tertiary/aromatic N) is 1. The molecule has 1 amide bonds. The molecule has 3 N–H and O–H groups in total. The summed E-state index contributed by atoms with van der Waals surface area (Å²) < 4.78 is 41.2. The number of rotatable bonds is 4. The highest BCUT2D eigenvalue weighted by atomic mass is 19.4. The second kappa shape index (κ2) is 6.83. The van der Waals surface area contributed by atoms with Crippen molar-refractivity contribution in [2.24, 2.45) is 0 Å². The van der Waals surface area contributed by atoms with Gasteiger partial charge in [-0.15, -0.1) is 13.2 Å². The number of carbonyl (C=O) groups excluding carboxylic acids is 1. The number of fused-ring (bicyclic) bond motifs is 2. The number of amides is 1. The molecule has 2 bridgehead atoms. The van der Waals surface area contributed by atoms with Gasteiger partial charge in [0.1, 0.15) is 0 Å². The van der Waals surface area contributed by atoms with Crippen LogP contribution in [-0.4, -0.2) is 42.3 Å². The number of benzene rings is 1. The zero-order chi connectivity index (χ0) is 19.1. The van der Waals surface area contributed by atoms with Crippen molar-refractivity contribution in [1.82, 2.24) is 10.2 Å². The van der Waals surface area contributed by atoms with Crippen molar-refractivity contribution < 1.29 is 22.7 Å². The maximum absolute atomic E-state index is 12.5. The Bertz CT molecular complexity index is 706. The van der Waals surface area contributed by atoms with Crippen molar-refractivity contribution in [3.05, 3.63) is 30.3 Å². The Morgan fingerprint density at radius 1 is 1.31 bits per heavy atom. The number of para-hydroxylation sites is 1. The average molecular weight is 369 g/mol. The molecule has 1 aromatic rings. The van der Waals surface area contributed by atoms with E-state index in [9.17, 15) is 18.0 Å². The Morgan fingerprint density at radius 2 is 1.92 bits per heavy atom. The van der Waals surface area contributed by atoms with Crippen LogP contribution in [0.2, 0.25) is 0 Å². The van der Waals surface area contributed by atoms with Gasteiger partial charge in [0.05, 0.1) is 5.69 Å². The van der Waals surface area contributed by atoms with Gasteiger partial charge in [-0.3, -0.25) is 4.79 Å². The quantitative estimate of drug-likeness (QED) is 0.633. The minimum atomic E-state index is -4.86. The molecule has 2 unspecified atom stereocenters. The van der Waals surface area contributed by atoms with Crippen LogP contribution in [0.3, 0.4) is 0 Å². The largest absolute Gasteiger partial charge is 0.573 e. The molecule has 0 radical (unpaired) electrons. The molecule has 2 heterocycles. The van der Waals surface area contributed by atoms with Crippen LogP contribution in [-0.2, 0) is 4.79 Å². The van der Waals surface area contributed by atoms with Crippen molar-refractivity contribution in [3.8, 4) is 5.75 Å². The number of hydrogen-bond acceptors (Lipinski definition) is 4. The van der Waals surface area contributed by atoms with E-state index in [0.717, 1.165) is 31.7 Å². The molecule has 0 spiro atoms. The molecule has 0 aromatic heterocycles. The lowest BCUT2D eigenvalue weighted by molar-refractivity contribution is -0.274. The lowest BCUT2D eigenvalue weighted by Gasteiger charge is -2.36. The van der Waals surface area contributed by atoms with E-state index < -0.39 is 18.0 Å². The molecule has 8 heteroatoms. The highest BCUT2D eigenvalue weighted by molar-refractivity contribution is 6.20. The zero-order valence-electron chi connectivity index (χ0n) is 14.5. The SMILES string of the molecule is C=C(C(=O)NC1CC2CCC(C1)N2C)c1cccc(OC(F)(F)F)c1N. The first-order valence-electron chi connectivity index (χ1n) is 8.52. The lowest BCUT2D eigenvalue weighted by atomic mass is 9.97. The fraction of sp³-hybridized carbons (Fsp3) is 0.500. The van der Waals surface area contributed by atoms with Crippen molar-refractivity contribution in [3.63, 3.8) is 0 Å². The van der Waals surface area contributed by atoms with Gasteiger partial charge in [-0.1, -0.05) is 18.7 Å². The summed E-state index contributed by atoms with van der Waals surface area (Å²) in [6, 6.07) is 4.86. The molecule has 2 atom stereocenters. The standard InChI is InChI=1S/C18H22F3N3O2/c1-10(14-4-3-5-15(16(14)22)26-18(19,20)21)17(25)23-11-8-12-6-7-13(9-11)24(12)2/h3-5,11-13H,1,6-9,22H2,2H3,(H,23,25). The molecule has 2 aliphatic heterocycles. The summed E-state index contributed by atoms with van der Waals surface area (Å²) in [6.07, 6.45) is -0.891. The summed E-state index contributed by atoms with van der Waals surface area (Å²) in [4.78, 5) is 14.9. The Kier molecular flexibility index (Phi) is 4.88. The van der Waals surface area contributed by atoms with Gasteiger partial charge in [0.15, 0.2) is 5.75 Å². The van der Waals surface area contributed by atoms with Crippen LogP contribution in [0, 0.1) is 0 Å². The fourth-order valence-electron chi connectivity index (χ4n) is 3.95. The molecule has 1 aromatic carbocycles. The Balaban J connectivity index is 1.69.